The van der Waals surface area contributed by atoms with Gasteiger partial charge in [0, 0.05) is 0 Å². The van der Waals surface area contributed by atoms with Crippen LogP contribution in [0.15, 0.2) is 23.0 Å². The number of H-pyrrole nitrogens is 1. The Kier molecular flexibility index (Phi) is 3.85. The lowest BCUT2D eigenvalue weighted by molar-refractivity contribution is 0.677. The summed E-state index contributed by atoms with van der Waals surface area (Å²) < 4.78 is 1.70. The Labute approximate surface area is 118 Å². The minimum absolute atomic E-state index is 0.218. The second-order valence-corrected chi connectivity index (χ2v) is 4.96. The van der Waals surface area contributed by atoms with E-state index < -0.39 is 0 Å². The van der Waals surface area contributed by atoms with Gasteiger partial charge in [0.05, 0.1) is 16.6 Å². The molecule has 0 atom stereocenters. The molecule has 0 radical (unpaired) electrons. The number of hydrogen-bond acceptors (Lipinski definition) is 3. The molecule has 0 unspecified atom stereocenters. The van der Waals surface area contributed by atoms with E-state index in [9.17, 15) is 4.79 Å². The normalized spacial score (nSPS) is 10.6. The molecule has 0 aliphatic rings. The summed E-state index contributed by atoms with van der Waals surface area (Å²) in [5.74, 6) is 0. The van der Waals surface area contributed by atoms with Crippen LogP contribution in [0.3, 0.4) is 0 Å². The van der Waals surface area contributed by atoms with Gasteiger partial charge in [0.1, 0.15) is 5.69 Å². The minimum atomic E-state index is -0.218. The van der Waals surface area contributed by atoms with E-state index in [-0.39, 0.29) is 10.3 Å². The highest BCUT2D eigenvalue weighted by atomic mass is 35.5. The number of aryl methyl sites for hydroxylation is 1. The second-order valence-electron chi connectivity index (χ2n) is 3.75. The fraction of sp³-hybridized carbons (Fsp3) is 0.182. The molecule has 0 fully saturated rings. The zero-order valence-electron chi connectivity index (χ0n) is 9.41. The van der Waals surface area contributed by atoms with E-state index in [1.165, 1.54) is 4.57 Å². The highest BCUT2D eigenvalue weighted by Crippen LogP contribution is 2.22. The molecular weight excluding hydrogens is 293 g/mol. The van der Waals surface area contributed by atoms with Gasteiger partial charge >= 0.3 is 0 Å². The van der Waals surface area contributed by atoms with Crippen LogP contribution in [0.2, 0.25) is 10.0 Å². The zero-order chi connectivity index (χ0) is 13.3. The van der Waals surface area contributed by atoms with Crippen LogP contribution in [-0.4, -0.2) is 14.8 Å². The Balaban J connectivity index is 2.46. The molecular formula is C11H9Cl2N3OS. The quantitative estimate of drug-likeness (QED) is 0.868. The fourth-order valence-corrected chi connectivity index (χ4v) is 2.01. The average Bonchev–Trinajstić information content (AvgIpc) is 2.34. The largest absolute Gasteiger partial charge is 0.278 e. The van der Waals surface area contributed by atoms with E-state index in [1.54, 1.807) is 25.1 Å². The lowest BCUT2D eigenvalue weighted by Gasteiger charge is -2.07. The summed E-state index contributed by atoms with van der Waals surface area (Å²) in [6.07, 6.45) is 0. The van der Waals surface area contributed by atoms with Gasteiger partial charge in [0.25, 0.3) is 5.56 Å². The molecule has 0 saturated heterocycles. The van der Waals surface area contributed by atoms with Crippen LogP contribution in [0.25, 0.3) is 0 Å². The van der Waals surface area contributed by atoms with Crippen LogP contribution in [0, 0.1) is 11.7 Å². The van der Waals surface area contributed by atoms with Crippen molar-refractivity contribution in [3.05, 3.63) is 54.6 Å². The molecule has 1 aromatic heterocycles. The van der Waals surface area contributed by atoms with Crippen LogP contribution in [0.1, 0.15) is 11.3 Å². The Morgan fingerprint density at radius 3 is 2.78 bits per heavy atom. The Hall–Kier alpha value is -1.17. The molecule has 2 rings (SSSR count). The summed E-state index contributed by atoms with van der Waals surface area (Å²) in [5, 5.41) is 7.35. The summed E-state index contributed by atoms with van der Waals surface area (Å²) in [7, 11) is 0. The van der Waals surface area contributed by atoms with Crippen molar-refractivity contribution < 1.29 is 0 Å². The molecule has 4 nitrogen and oxygen atoms in total. The zero-order valence-corrected chi connectivity index (χ0v) is 11.7. The molecule has 0 aliphatic carbocycles. The lowest BCUT2D eigenvalue weighted by atomic mass is 10.2. The van der Waals surface area contributed by atoms with Crippen molar-refractivity contribution in [2.24, 2.45) is 0 Å². The van der Waals surface area contributed by atoms with Crippen LogP contribution < -0.4 is 5.56 Å². The van der Waals surface area contributed by atoms with Gasteiger partial charge in [-0.1, -0.05) is 29.3 Å². The maximum atomic E-state index is 11.9. The van der Waals surface area contributed by atoms with Gasteiger partial charge in [0.2, 0.25) is 0 Å². The highest BCUT2D eigenvalue weighted by Gasteiger charge is 2.05. The molecule has 18 heavy (non-hydrogen) atoms. The third kappa shape index (κ3) is 2.63. The molecule has 1 N–H and O–H groups in total. The maximum Gasteiger partial charge on any atom is 0.276 e. The summed E-state index contributed by atoms with van der Waals surface area (Å²) in [6.45, 7) is 1.95. The lowest BCUT2D eigenvalue weighted by Crippen LogP contribution is -2.26. The van der Waals surface area contributed by atoms with Crippen molar-refractivity contribution in [1.29, 1.82) is 0 Å². The third-order valence-electron chi connectivity index (χ3n) is 2.44. The summed E-state index contributed by atoms with van der Waals surface area (Å²) >= 11 is 16.8. The number of rotatable bonds is 2. The van der Waals surface area contributed by atoms with Crippen molar-refractivity contribution in [3.8, 4) is 0 Å². The smallest absolute Gasteiger partial charge is 0.276 e. The van der Waals surface area contributed by atoms with Gasteiger partial charge in [0.15, 0.2) is 4.77 Å². The van der Waals surface area contributed by atoms with Gasteiger partial charge in [-0.25, -0.2) is 0 Å². The first-order valence-electron chi connectivity index (χ1n) is 5.09. The molecule has 94 valence electrons. The van der Waals surface area contributed by atoms with E-state index in [0.717, 1.165) is 5.56 Å². The number of nitrogens with one attached hydrogen (secondary N) is 1. The molecule has 2 aromatic rings. The maximum absolute atomic E-state index is 11.9. The number of aromatic nitrogens is 3. The van der Waals surface area contributed by atoms with Gasteiger partial charge in [-0.05, 0) is 36.8 Å². The number of halogens is 2. The Morgan fingerprint density at radius 2 is 2.11 bits per heavy atom. The first-order valence-corrected chi connectivity index (χ1v) is 6.25. The molecule has 1 heterocycles. The first kappa shape index (κ1) is 13.3. The van der Waals surface area contributed by atoms with E-state index in [2.05, 4.69) is 10.2 Å². The van der Waals surface area contributed by atoms with Gasteiger partial charge in [-0.2, -0.15) is 5.10 Å². The van der Waals surface area contributed by atoms with E-state index in [4.69, 9.17) is 35.4 Å². The van der Waals surface area contributed by atoms with Gasteiger partial charge in [-0.3, -0.25) is 14.5 Å². The number of benzene rings is 1. The topological polar surface area (TPSA) is 50.7 Å². The Bertz CT molecular complexity index is 708. The second kappa shape index (κ2) is 5.22. The molecule has 0 bridgehead atoms. The number of nitrogens with zero attached hydrogens (tertiary/aromatic N) is 2. The predicted octanol–water partition coefficient (Wildman–Crippen LogP) is 2.96. The molecule has 0 saturated carbocycles. The summed E-state index contributed by atoms with van der Waals surface area (Å²) in [5.41, 5.74) is 0.991. The van der Waals surface area contributed by atoms with Crippen molar-refractivity contribution in [2.45, 2.75) is 13.5 Å². The minimum Gasteiger partial charge on any atom is -0.278 e. The van der Waals surface area contributed by atoms with Crippen LogP contribution >= 0.6 is 35.4 Å². The van der Waals surface area contributed by atoms with Crippen LogP contribution in [0.5, 0.6) is 0 Å². The standard InChI is InChI=1S/C11H9Cl2N3OS/c1-6-10(17)16(11(18)15-14-6)5-7-2-3-8(12)9(13)4-7/h2-4H,5H2,1H3,(H,15,18). The molecule has 0 amide bonds. The average molecular weight is 302 g/mol. The highest BCUT2D eigenvalue weighted by molar-refractivity contribution is 7.71. The third-order valence-corrected chi connectivity index (χ3v) is 3.49. The number of hydrogen-bond donors (Lipinski definition) is 1. The van der Waals surface area contributed by atoms with E-state index in [0.29, 0.717) is 22.3 Å². The van der Waals surface area contributed by atoms with Crippen molar-refractivity contribution >= 4 is 35.4 Å². The first-order chi connectivity index (χ1) is 8.49. The van der Waals surface area contributed by atoms with Crippen molar-refractivity contribution in [2.75, 3.05) is 0 Å². The van der Waals surface area contributed by atoms with Gasteiger partial charge < -0.3 is 0 Å². The summed E-state index contributed by atoms with van der Waals surface area (Å²) in [4.78, 5) is 11.9. The SMILES string of the molecule is Cc1n[nH]c(=S)n(Cc2ccc(Cl)c(Cl)c2)c1=O. The molecule has 1 aromatic carbocycles. The van der Waals surface area contributed by atoms with Crippen LogP contribution in [-0.2, 0) is 6.54 Å². The van der Waals surface area contributed by atoms with E-state index >= 15 is 0 Å². The molecule has 0 aliphatic heterocycles. The summed E-state index contributed by atoms with van der Waals surface area (Å²) in [6, 6.07) is 5.19. The van der Waals surface area contributed by atoms with Gasteiger partial charge in [-0.15, -0.1) is 0 Å². The predicted molar refractivity (Wildman–Crippen MR) is 74.0 cm³/mol. The fourth-order valence-electron chi connectivity index (χ4n) is 1.49. The number of aromatic amines is 1. The van der Waals surface area contributed by atoms with E-state index in [1.807, 2.05) is 0 Å². The molecule has 7 heteroatoms. The Morgan fingerprint density at radius 1 is 1.39 bits per heavy atom. The molecule has 0 spiro atoms. The monoisotopic (exact) mass is 301 g/mol. The van der Waals surface area contributed by atoms with Crippen LogP contribution in [0.4, 0.5) is 0 Å². The van der Waals surface area contributed by atoms with Crippen molar-refractivity contribution in [1.82, 2.24) is 14.8 Å². The van der Waals surface area contributed by atoms with Crippen molar-refractivity contribution in [3.63, 3.8) is 0 Å².